The number of aryl methyl sites for hydroxylation is 2. The Morgan fingerprint density at radius 1 is 0.775 bits per heavy atom. The Bertz CT molecular complexity index is 1650. The SMILES string of the molecule is COc1ccc(/C=N/N(C(CNS(=O)(=O)c2ccc(C)cc2)c2ccccc2)S(=O)(=O)c2ccc(C)cc2)cc1. The van der Waals surface area contributed by atoms with Gasteiger partial charge in [0.2, 0.25) is 10.0 Å². The zero-order chi connectivity index (χ0) is 28.8. The lowest BCUT2D eigenvalue weighted by Gasteiger charge is -2.29. The molecule has 0 fully saturated rings. The topological polar surface area (TPSA) is 105 Å². The highest BCUT2D eigenvalue weighted by atomic mass is 32.2. The second-order valence-electron chi connectivity index (χ2n) is 9.20. The number of ether oxygens (including phenoxy) is 1. The number of benzene rings is 4. The van der Waals surface area contributed by atoms with Crippen LogP contribution in [-0.4, -0.2) is 41.1 Å². The molecule has 8 nitrogen and oxygen atoms in total. The number of hydrogen-bond acceptors (Lipinski definition) is 6. The number of sulfonamides is 2. The highest BCUT2D eigenvalue weighted by Gasteiger charge is 2.33. The summed E-state index contributed by atoms with van der Waals surface area (Å²) >= 11 is 0. The Morgan fingerprint density at radius 2 is 1.32 bits per heavy atom. The molecule has 10 heteroatoms. The van der Waals surface area contributed by atoms with E-state index in [1.165, 1.54) is 30.5 Å². The van der Waals surface area contributed by atoms with Crippen LogP contribution in [0.15, 0.2) is 118 Å². The lowest BCUT2D eigenvalue weighted by atomic mass is 10.1. The Hall–Kier alpha value is -3.99. The first-order chi connectivity index (χ1) is 19.1. The molecule has 1 atom stereocenters. The monoisotopic (exact) mass is 577 g/mol. The van der Waals surface area contributed by atoms with E-state index in [0.29, 0.717) is 16.9 Å². The molecule has 0 heterocycles. The average Bonchev–Trinajstić information content (AvgIpc) is 2.96. The molecule has 4 aromatic rings. The van der Waals surface area contributed by atoms with Crippen LogP contribution in [0.5, 0.6) is 5.75 Å². The molecule has 1 unspecified atom stereocenters. The number of rotatable bonds is 11. The highest BCUT2D eigenvalue weighted by Crippen LogP contribution is 2.29. The Morgan fingerprint density at radius 3 is 1.88 bits per heavy atom. The largest absolute Gasteiger partial charge is 0.497 e. The maximum Gasteiger partial charge on any atom is 0.279 e. The summed E-state index contributed by atoms with van der Waals surface area (Å²) in [4.78, 5) is 0.117. The van der Waals surface area contributed by atoms with Crippen LogP contribution in [0.1, 0.15) is 28.3 Å². The van der Waals surface area contributed by atoms with Crippen LogP contribution < -0.4 is 9.46 Å². The normalized spacial score (nSPS) is 12.8. The summed E-state index contributed by atoms with van der Waals surface area (Å²) in [6.07, 6.45) is 1.43. The molecular formula is C30H31N3O5S2. The summed E-state index contributed by atoms with van der Waals surface area (Å²) in [7, 11) is -6.59. The van der Waals surface area contributed by atoms with Crippen molar-refractivity contribution < 1.29 is 21.6 Å². The molecule has 0 aliphatic rings. The van der Waals surface area contributed by atoms with Crippen molar-refractivity contribution in [3.05, 3.63) is 125 Å². The summed E-state index contributed by atoms with van der Waals surface area (Å²) in [6.45, 7) is 3.47. The summed E-state index contributed by atoms with van der Waals surface area (Å²) in [6, 6.07) is 27.7. The number of methoxy groups -OCH3 is 1. The van der Waals surface area contributed by atoms with Gasteiger partial charge in [-0.2, -0.15) is 17.9 Å². The molecule has 0 amide bonds. The number of nitrogens with one attached hydrogen (secondary N) is 1. The van der Waals surface area contributed by atoms with E-state index < -0.39 is 26.1 Å². The van der Waals surface area contributed by atoms with Gasteiger partial charge in [0.25, 0.3) is 10.0 Å². The Labute approximate surface area is 236 Å². The molecule has 0 bridgehead atoms. The van der Waals surface area contributed by atoms with Crippen molar-refractivity contribution in [3.8, 4) is 5.75 Å². The van der Waals surface area contributed by atoms with Crippen LogP contribution in [0, 0.1) is 13.8 Å². The molecule has 0 aliphatic heterocycles. The summed E-state index contributed by atoms with van der Waals surface area (Å²) in [5.41, 5.74) is 3.02. The van der Waals surface area contributed by atoms with Gasteiger partial charge in [-0.25, -0.2) is 13.1 Å². The van der Waals surface area contributed by atoms with Crippen LogP contribution in [0.2, 0.25) is 0 Å². The predicted molar refractivity (Wildman–Crippen MR) is 156 cm³/mol. The van der Waals surface area contributed by atoms with Gasteiger partial charge in [-0.05, 0) is 73.5 Å². The minimum Gasteiger partial charge on any atom is -0.497 e. The highest BCUT2D eigenvalue weighted by molar-refractivity contribution is 7.89. The van der Waals surface area contributed by atoms with Crippen molar-refractivity contribution in [1.82, 2.24) is 9.14 Å². The van der Waals surface area contributed by atoms with Gasteiger partial charge in [0.05, 0.1) is 23.1 Å². The molecule has 0 saturated heterocycles. The third-order valence-electron chi connectivity index (χ3n) is 6.25. The van der Waals surface area contributed by atoms with Crippen molar-refractivity contribution in [3.63, 3.8) is 0 Å². The average molecular weight is 578 g/mol. The quantitative estimate of drug-likeness (QED) is 0.198. The van der Waals surface area contributed by atoms with E-state index in [1.807, 2.05) is 13.8 Å². The van der Waals surface area contributed by atoms with Gasteiger partial charge in [-0.1, -0.05) is 65.7 Å². The van der Waals surface area contributed by atoms with Crippen LogP contribution in [0.4, 0.5) is 0 Å². The fourth-order valence-electron chi connectivity index (χ4n) is 3.93. The van der Waals surface area contributed by atoms with E-state index in [0.717, 1.165) is 15.5 Å². The smallest absolute Gasteiger partial charge is 0.279 e. The van der Waals surface area contributed by atoms with Gasteiger partial charge >= 0.3 is 0 Å². The zero-order valence-electron chi connectivity index (χ0n) is 22.4. The van der Waals surface area contributed by atoms with Crippen molar-refractivity contribution in [1.29, 1.82) is 0 Å². The molecule has 0 spiro atoms. The molecular weight excluding hydrogens is 546 g/mol. The van der Waals surface area contributed by atoms with Gasteiger partial charge in [0, 0.05) is 6.54 Å². The second kappa shape index (κ2) is 12.5. The molecule has 0 aliphatic carbocycles. The van der Waals surface area contributed by atoms with Crippen LogP contribution in [0.3, 0.4) is 0 Å². The minimum absolute atomic E-state index is 0.0345. The van der Waals surface area contributed by atoms with E-state index >= 15 is 0 Å². The number of hydrogen-bond donors (Lipinski definition) is 1. The van der Waals surface area contributed by atoms with E-state index in [9.17, 15) is 16.8 Å². The van der Waals surface area contributed by atoms with Crippen molar-refractivity contribution in [2.75, 3.05) is 13.7 Å². The Kier molecular flexibility index (Phi) is 9.03. The molecule has 0 aromatic heterocycles. The summed E-state index contributed by atoms with van der Waals surface area (Å²) in [5, 5.41) is 4.43. The first-order valence-electron chi connectivity index (χ1n) is 12.5. The maximum atomic E-state index is 14.0. The van der Waals surface area contributed by atoms with Crippen molar-refractivity contribution in [2.24, 2.45) is 5.10 Å². The molecule has 4 aromatic carbocycles. The van der Waals surface area contributed by atoms with Gasteiger partial charge in [-0.15, -0.1) is 0 Å². The summed E-state index contributed by atoms with van der Waals surface area (Å²) < 4.78 is 63.2. The molecule has 0 radical (unpaired) electrons. The Balaban J connectivity index is 1.78. The minimum atomic E-state index is -4.21. The molecule has 4 rings (SSSR count). The van der Waals surface area contributed by atoms with E-state index in [-0.39, 0.29) is 16.3 Å². The molecule has 0 saturated carbocycles. The van der Waals surface area contributed by atoms with Gasteiger partial charge < -0.3 is 4.74 Å². The maximum absolute atomic E-state index is 14.0. The van der Waals surface area contributed by atoms with Crippen molar-refractivity contribution in [2.45, 2.75) is 29.7 Å². The first-order valence-corrected chi connectivity index (χ1v) is 15.4. The molecule has 40 heavy (non-hydrogen) atoms. The van der Waals surface area contributed by atoms with Gasteiger partial charge in [0.1, 0.15) is 11.8 Å². The fraction of sp³-hybridized carbons (Fsp3) is 0.167. The van der Waals surface area contributed by atoms with Crippen LogP contribution >= 0.6 is 0 Å². The van der Waals surface area contributed by atoms with Gasteiger partial charge in [0.15, 0.2) is 0 Å². The second-order valence-corrected chi connectivity index (χ2v) is 12.8. The number of hydrazone groups is 1. The van der Waals surface area contributed by atoms with Gasteiger partial charge in [-0.3, -0.25) is 0 Å². The lowest BCUT2D eigenvalue weighted by molar-refractivity contribution is 0.337. The fourth-order valence-corrected chi connectivity index (χ4v) is 6.37. The van der Waals surface area contributed by atoms with Crippen LogP contribution in [-0.2, 0) is 20.0 Å². The van der Waals surface area contributed by atoms with E-state index in [4.69, 9.17) is 4.74 Å². The number of nitrogens with zero attached hydrogens (tertiary/aromatic N) is 2. The summed E-state index contributed by atoms with van der Waals surface area (Å²) in [5.74, 6) is 0.647. The van der Waals surface area contributed by atoms with Crippen LogP contribution in [0.25, 0.3) is 0 Å². The zero-order valence-corrected chi connectivity index (χ0v) is 24.1. The third kappa shape index (κ3) is 6.95. The molecule has 208 valence electrons. The third-order valence-corrected chi connectivity index (χ3v) is 9.40. The van der Waals surface area contributed by atoms with E-state index in [1.54, 1.807) is 86.0 Å². The first kappa shape index (κ1) is 29.0. The predicted octanol–water partition coefficient (Wildman–Crippen LogP) is 5.06. The molecule has 1 N–H and O–H groups in total. The van der Waals surface area contributed by atoms with Crippen molar-refractivity contribution >= 4 is 26.3 Å². The standard InChI is InChI=1S/C30H31N3O5S2/c1-23-9-17-28(18-10-23)39(34,35)32-22-30(26-7-5-4-6-8-26)33(31-21-25-13-15-27(38-3)16-14-25)40(36,37)29-19-11-24(2)12-20-29/h4-21,30,32H,22H2,1-3H3/b31-21+. The lowest BCUT2D eigenvalue weighted by Crippen LogP contribution is -2.39. The van der Waals surface area contributed by atoms with E-state index in [2.05, 4.69) is 9.82 Å².